The minimum Gasteiger partial charge on any atom is -0.391 e. The highest BCUT2D eigenvalue weighted by Gasteiger charge is 2.08. The summed E-state index contributed by atoms with van der Waals surface area (Å²) in [6.45, 7) is 4.70. The number of carbonyl (C=O) groups is 1. The van der Waals surface area contributed by atoms with Gasteiger partial charge in [-0.1, -0.05) is 26.0 Å². The van der Waals surface area contributed by atoms with Crippen LogP contribution < -0.4 is 10.6 Å². The Hall–Kier alpha value is -1.62. The van der Waals surface area contributed by atoms with Gasteiger partial charge in [-0.25, -0.2) is 9.18 Å². The van der Waals surface area contributed by atoms with Gasteiger partial charge in [0.25, 0.3) is 0 Å². The van der Waals surface area contributed by atoms with Crippen molar-refractivity contribution in [3.05, 3.63) is 35.6 Å². The maximum atomic E-state index is 12.9. The topological polar surface area (TPSA) is 61.4 Å². The number of halogens is 1. The first kappa shape index (κ1) is 16.4. The van der Waals surface area contributed by atoms with Crippen molar-refractivity contribution < 1.29 is 14.3 Å². The van der Waals surface area contributed by atoms with E-state index in [4.69, 9.17) is 0 Å². The lowest BCUT2D eigenvalue weighted by atomic mass is 10.1. The van der Waals surface area contributed by atoms with E-state index in [0.717, 1.165) is 5.56 Å². The van der Waals surface area contributed by atoms with E-state index in [0.29, 0.717) is 25.3 Å². The molecular weight excluding hydrogens is 259 g/mol. The van der Waals surface area contributed by atoms with Crippen molar-refractivity contribution in [1.82, 2.24) is 10.6 Å². The van der Waals surface area contributed by atoms with E-state index in [9.17, 15) is 14.3 Å². The number of rotatable bonds is 7. The molecule has 5 heteroatoms. The molecule has 0 saturated heterocycles. The average Bonchev–Trinajstić information content (AvgIpc) is 2.36. The van der Waals surface area contributed by atoms with Crippen LogP contribution in [0.5, 0.6) is 0 Å². The van der Waals surface area contributed by atoms with Crippen LogP contribution in [0.1, 0.15) is 25.8 Å². The lowest BCUT2D eigenvalue weighted by Crippen LogP contribution is -2.40. The molecule has 2 amide bonds. The van der Waals surface area contributed by atoms with E-state index in [2.05, 4.69) is 10.6 Å². The third-order valence-electron chi connectivity index (χ3n) is 2.83. The summed E-state index contributed by atoms with van der Waals surface area (Å²) in [5.74, 6) is 0.117. The van der Waals surface area contributed by atoms with Gasteiger partial charge in [-0.15, -0.1) is 0 Å². The van der Waals surface area contributed by atoms with Gasteiger partial charge in [0, 0.05) is 13.1 Å². The van der Waals surface area contributed by atoms with Gasteiger partial charge in [-0.3, -0.25) is 0 Å². The second-order valence-corrected chi connectivity index (χ2v) is 5.30. The molecule has 20 heavy (non-hydrogen) atoms. The van der Waals surface area contributed by atoms with Crippen molar-refractivity contribution in [2.75, 3.05) is 13.1 Å². The van der Waals surface area contributed by atoms with Gasteiger partial charge in [0.2, 0.25) is 0 Å². The molecule has 0 heterocycles. The zero-order chi connectivity index (χ0) is 15.0. The zero-order valence-corrected chi connectivity index (χ0v) is 12.0. The van der Waals surface area contributed by atoms with Gasteiger partial charge in [-0.2, -0.15) is 0 Å². The minimum atomic E-state index is -0.524. The fraction of sp³-hybridized carbons (Fsp3) is 0.533. The standard InChI is InChI=1S/C15H23FN2O2/c1-11(2)8-14(19)10-18-15(20)17-7-6-12-4-3-5-13(16)9-12/h3-5,9,11,14,19H,6-8,10H2,1-2H3,(H2,17,18,20). The lowest BCUT2D eigenvalue weighted by molar-refractivity contribution is 0.147. The molecule has 4 nitrogen and oxygen atoms in total. The molecule has 1 unspecified atom stereocenters. The number of benzene rings is 1. The highest BCUT2D eigenvalue weighted by Crippen LogP contribution is 2.04. The maximum Gasteiger partial charge on any atom is 0.314 e. The molecule has 112 valence electrons. The number of hydrogen-bond acceptors (Lipinski definition) is 2. The Bertz CT molecular complexity index is 424. The van der Waals surface area contributed by atoms with Crippen molar-refractivity contribution >= 4 is 6.03 Å². The molecule has 0 aromatic heterocycles. The first-order valence-corrected chi connectivity index (χ1v) is 6.91. The van der Waals surface area contributed by atoms with E-state index in [-0.39, 0.29) is 18.4 Å². The van der Waals surface area contributed by atoms with Crippen LogP contribution >= 0.6 is 0 Å². The molecule has 3 N–H and O–H groups in total. The Morgan fingerprint density at radius 2 is 2.10 bits per heavy atom. The van der Waals surface area contributed by atoms with Gasteiger partial charge in [-0.05, 0) is 36.5 Å². The van der Waals surface area contributed by atoms with Crippen LogP contribution in [-0.4, -0.2) is 30.3 Å². The van der Waals surface area contributed by atoms with Gasteiger partial charge >= 0.3 is 6.03 Å². The van der Waals surface area contributed by atoms with E-state index in [1.54, 1.807) is 6.07 Å². The van der Waals surface area contributed by atoms with Gasteiger partial charge < -0.3 is 15.7 Å². The second kappa shape index (κ2) is 8.53. The van der Waals surface area contributed by atoms with E-state index in [1.165, 1.54) is 12.1 Å². The summed E-state index contributed by atoms with van der Waals surface area (Å²) < 4.78 is 12.9. The molecule has 1 rings (SSSR count). The number of aliphatic hydroxyl groups excluding tert-OH is 1. The Balaban J connectivity index is 2.17. The summed E-state index contributed by atoms with van der Waals surface area (Å²) in [6, 6.07) is 5.98. The van der Waals surface area contributed by atoms with E-state index < -0.39 is 6.10 Å². The van der Waals surface area contributed by atoms with Crippen molar-refractivity contribution in [2.45, 2.75) is 32.8 Å². The minimum absolute atomic E-state index is 0.240. The average molecular weight is 282 g/mol. The lowest BCUT2D eigenvalue weighted by Gasteiger charge is -2.14. The predicted octanol–water partition coefficient (Wildman–Crippen LogP) is 2.07. The number of urea groups is 1. The van der Waals surface area contributed by atoms with Crippen molar-refractivity contribution in [3.8, 4) is 0 Å². The third kappa shape index (κ3) is 7.09. The van der Waals surface area contributed by atoms with Crippen LogP contribution in [0.2, 0.25) is 0 Å². The number of nitrogens with one attached hydrogen (secondary N) is 2. The molecule has 0 aliphatic carbocycles. The Morgan fingerprint density at radius 3 is 2.75 bits per heavy atom. The smallest absolute Gasteiger partial charge is 0.314 e. The van der Waals surface area contributed by atoms with Crippen LogP contribution in [-0.2, 0) is 6.42 Å². The summed E-state index contributed by atoms with van der Waals surface area (Å²) in [6.07, 6.45) is 0.701. The molecule has 0 spiro atoms. The number of aliphatic hydroxyl groups is 1. The van der Waals surface area contributed by atoms with E-state index >= 15 is 0 Å². The summed E-state index contributed by atoms with van der Waals surface area (Å²) >= 11 is 0. The first-order valence-electron chi connectivity index (χ1n) is 6.91. The highest BCUT2D eigenvalue weighted by atomic mass is 19.1. The SMILES string of the molecule is CC(C)CC(O)CNC(=O)NCCc1cccc(F)c1. The second-order valence-electron chi connectivity index (χ2n) is 5.30. The summed E-state index contributed by atoms with van der Waals surface area (Å²) in [5.41, 5.74) is 0.838. The Morgan fingerprint density at radius 1 is 1.35 bits per heavy atom. The molecule has 1 atom stereocenters. The summed E-state index contributed by atoms with van der Waals surface area (Å²) in [4.78, 5) is 11.5. The van der Waals surface area contributed by atoms with Crippen molar-refractivity contribution in [2.24, 2.45) is 5.92 Å². The molecule has 0 aliphatic heterocycles. The van der Waals surface area contributed by atoms with Crippen LogP contribution in [0.4, 0.5) is 9.18 Å². The fourth-order valence-corrected chi connectivity index (χ4v) is 1.91. The van der Waals surface area contributed by atoms with E-state index in [1.807, 2.05) is 19.9 Å². The molecule has 0 bridgehead atoms. The van der Waals surface area contributed by atoms with Crippen LogP contribution in [0, 0.1) is 11.7 Å². The molecule has 0 fully saturated rings. The normalized spacial score (nSPS) is 12.2. The first-order chi connectivity index (χ1) is 9.47. The number of carbonyl (C=O) groups excluding carboxylic acids is 1. The van der Waals surface area contributed by atoms with Crippen molar-refractivity contribution in [3.63, 3.8) is 0 Å². The quantitative estimate of drug-likeness (QED) is 0.717. The Labute approximate surface area is 119 Å². The van der Waals surface area contributed by atoms with Crippen LogP contribution in [0.25, 0.3) is 0 Å². The van der Waals surface area contributed by atoms with Crippen LogP contribution in [0.15, 0.2) is 24.3 Å². The molecule has 1 aromatic carbocycles. The molecule has 0 radical (unpaired) electrons. The zero-order valence-electron chi connectivity index (χ0n) is 12.0. The van der Waals surface area contributed by atoms with Gasteiger partial charge in [0.1, 0.15) is 5.82 Å². The van der Waals surface area contributed by atoms with Crippen LogP contribution in [0.3, 0.4) is 0 Å². The summed E-state index contributed by atoms with van der Waals surface area (Å²) in [5, 5.41) is 14.9. The van der Waals surface area contributed by atoms with Gasteiger partial charge in [0.05, 0.1) is 6.10 Å². The highest BCUT2D eigenvalue weighted by molar-refractivity contribution is 5.73. The Kier molecular flexibility index (Phi) is 7.01. The number of amides is 2. The number of hydrogen-bond donors (Lipinski definition) is 3. The molecule has 0 aliphatic rings. The predicted molar refractivity (Wildman–Crippen MR) is 77.0 cm³/mol. The van der Waals surface area contributed by atoms with Crippen molar-refractivity contribution in [1.29, 1.82) is 0 Å². The maximum absolute atomic E-state index is 12.9. The van der Waals surface area contributed by atoms with Gasteiger partial charge in [0.15, 0.2) is 0 Å². The molecule has 1 aromatic rings. The monoisotopic (exact) mass is 282 g/mol. The fourth-order valence-electron chi connectivity index (χ4n) is 1.91. The molecule has 0 saturated carbocycles. The molecular formula is C15H23FN2O2. The third-order valence-corrected chi connectivity index (χ3v) is 2.83. The largest absolute Gasteiger partial charge is 0.391 e. The summed E-state index contributed by atoms with van der Waals surface area (Å²) in [7, 11) is 0.